The van der Waals surface area contributed by atoms with Gasteiger partial charge in [-0.2, -0.15) is 0 Å². The molecule has 1 heterocycles. The molecule has 1 unspecified atom stereocenters. The fourth-order valence-corrected chi connectivity index (χ4v) is 0.551. The quantitative estimate of drug-likeness (QED) is 0.555. The molecule has 0 saturated heterocycles. The molecule has 0 bridgehead atoms. The van der Waals surface area contributed by atoms with Crippen molar-refractivity contribution in [2.24, 2.45) is 0 Å². The van der Waals surface area contributed by atoms with E-state index < -0.39 is 0 Å². The maximum Gasteiger partial charge on any atom is 0.239 e. The third kappa shape index (κ3) is 1.08. The molecule has 2 N–H and O–H groups in total. The molecule has 1 rings (SSSR count). The number of nitrogens with two attached hydrogens (primary N) is 1. The summed E-state index contributed by atoms with van der Waals surface area (Å²) in [7, 11) is 0. The van der Waals surface area contributed by atoms with Gasteiger partial charge in [-0.3, -0.25) is 0 Å². The van der Waals surface area contributed by atoms with Crippen LogP contribution in [-0.4, -0.2) is 14.8 Å². The molecular formula is C6H8N4. The zero-order valence-electron chi connectivity index (χ0n) is 5.65. The fraction of sp³-hybridized carbons (Fsp3) is 0.333. The number of terminal acetylenes is 1. The van der Waals surface area contributed by atoms with Crippen LogP contribution in [0.3, 0.4) is 0 Å². The molecule has 52 valence electrons. The first-order valence-corrected chi connectivity index (χ1v) is 2.87. The van der Waals surface area contributed by atoms with E-state index in [1.165, 1.54) is 11.0 Å². The van der Waals surface area contributed by atoms with Gasteiger partial charge in [-0.05, 0) is 6.92 Å². The van der Waals surface area contributed by atoms with Gasteiger partial charge >= 0.3 is 0 Å². The summed E-state index contributed by atoms with van der Waals surface area (Å²) in [4.78, 5) is 3.72. The Labute approximate surface area is 59.1 Å². The van der Waals surface area contributed by atoms with Gasteiger partial charge in [0.1, 0.15) is 12.4 Å². The summed E-state index contributed by atoms with van der Waals surface area (Å²) >= 11 is 0. The Kier molecular flexibility index (Phi) is 1.59. The van der Waals surface area contributed by atoms with Gasteiger partial charge in [0.15, 0.2) is 0 Å². The summed E-state index contributed by atoms with van der Waals surface area (Å²) in [6.07, 6.45) is 6.65. The van der Waals surface area contributed by atoms with E-state index in [1.54, 1.807) is 0 Å². The largest absolute Gasteiger partial charge is 0.367 e. The van der Waals surface area contributed by atoms with Crippen LogP contribution in [-0.2, 0) is 0 Å². The first kappa shape index (κ1) is 6.62. The molecule has 4 heteroatoms. The Hall–Kier alpha value is -1.50. The van der Waals surface area contributed by atoms with Gasteiger partial charge in [-0.15, -0.1) is 11.5 Å². The molecule has 0 saturated carbocycles. The van der Waals surface area contributed by atoms with Crippen LogP contribution >= 0.6 is 0 Å². The molecule has 0 aliphatic carbocycles. The third-order valence-electron chi connectivity index (χ3n) is 1.16. The molecule has 10 heavy (non-hydrogen) atoms. The lowest BCUT2D eigenvalue weighted by Crippen LogP contribution is -2.03. The molecule has 0 fully saturated rings. The minimum absolute atomic E-state index is 0.0789. The second-order valence-electron chi connectivity index (χ2n) is 1.93. The van der Waals surface area contributed by atoms with Crippen molar-refractivity contribution in [3.05, 3.63) is 6.33 Å². The molecule has 1 aromatic heterocycles. The lowest BCUT2D eigenvalue weighted by atomic mass is 10.4. The second kappa shape index (κ2) is 2.40. The monoisotopic (exact) mass is 136 g/mol. The Morgan fingerprint density at radius 3 is 3.00 bits per heavy atom. The van der Waals surface area contributed by atoms with Gasteiger partial charge in [0.05, 0.1) is 0 Å². The number of aromatic nitrogens is 3. The van der Waals surface area contributed by atoms with Crippen molar-refractivity contribution < 1.29 is 0 Å². The first-order valence-electron chi connectivity index (χ1n) is 2.87. The summed E-state index contributed by atoms with van der Waals surface area (Å²) in [5.41, 5.74) is 5.26. The van der Waals surface area contributed by atoms with Crippen LogP contribution in [0.1, 0.15) is 13.0 Å². The molecule has 0 aliphatic heterocycles. The SMILES string of the molecule is C#CC(C)n1cnc(N)n1. The van der Waals surface area contributed by atoms with Gasteiger partial charge < -0.3 is 5.73 Å². The van der Waals surface area contributed by atoms with E-state index in [-0.39, 0.29) is 12.0 Å². The van der Waals surface area contributed by atoms with E-state index in [1.807, 2.05) is 6.92 Å². The van der Waals surface area contributed by atoms with E-state index in [0.717, 1.165) is 0 Å². The van der Waals surface area contributed by atoms with Crippen LogP contribution in [0.15, 0.2) is 6.33 Å². The number of nitrogen functional groups attached to an aromatic ring is 1. The molecule has 0 spiro atoms. The smallest absolute Gasteiger partial charge is 0.239 e. The molecular weight excluding hydrogens is 128 g/mol. The van der Waals surface area contributed by atoms with Gasteiger partial charge in [0, 0.05) is 0 Å². The number of rotatable bonds is 1. The van der Waals surface area contributed by atoms with Gasteiger partial charge in [0.2, 0.25) is 5.95 Å². The highest BCUT2D eigenvalue weighted by Gasteiger charge is 2.00. The number of nitrogens with zero attached hydrogens (tertiary/aromatic N) is 3. The Morgan fingerprint density at radius 2 is 2.60 bits per heavy atom. The average Bonchev–Trinajstić information content (AvgIpc) is 2.34. The molecule has 0 aliphatic rings. The zero-order valence-corrected chi connectivity index (χ0v) is 5.65. The summed E-state index contributed by atoms with van der Waals surface area (Å²) in [5, 5.41) is 3.82. The topological polar surface area (TPSA) is 56.7 Å². The molecule has 4 nitrogen and oxygen atoms in total. The van der Waals surface area contributed by atoms with Crippen LogP contribution in [0.5, 0.6) is 0 Å². The van der Waals surface area contributed by atoms with E-state index >= 15 is 0 Å². The summed E-state index contributed by atoms with van der Waals surface area (Å²) in [5.74, 6) is 2.75. The Bertz CT molecular complexity index is 257. The van der Waals surface area contributed by atoms with Crippen LogP contribution in [0.25, 0.3) is 0 Å². The van der Waals surface area contributed by atoms with Gasteiger partial charge in [-0.25, -0.2) is 9.67 Å². The lowest BCUT2D eigenvalue weighted by Gasteiger charge is -1.99. The standard InChI is InChI=1S/C6H8N4/c1-3-5(2)10-4-8-6(7)9-10/h1,4-5H,2H3,(H2,7,9). The Balaban J connectivity index is 2.87. The van der Waals surface area contributed by atoms with Crippen LogP contribution in [0.4, 0.5) is 5.95 Å². The average molecular weight is 136 g/mol. The summed E-state index contributed by atoms with van der Waals surface area (Å²) < 4.78 is 1.54. The number of hydrogen-bond donors (Lipinski definition) is 1. The van der Waals surface area contributed by atoms with Crippen molar-refractivity contribution in [2.45, 2.75) is 13.0 Å². The summed E-state index contributed by atoms with van der Waals surface area (Å²) in [6, 6.07) is -0.0789. The minimum atomic E-state index is -0.0789. The van der Waals surface area contributed by atoms with Crippen molar-refractivity contribution in [1.29, 1.82) is 0 Å². The predicted molar refractivity (Wildman–Crippen MR) is 38.0 cm³/mol. The zero-order chi connectivity index (χ0) is 7.56. The highest BCUT2D eigenvalue weighted by Crippen LogP contribution is 2.00. The first-order chi connectivity index (χ1) is 4.74. The van der Waals surface area contributed by atoms with Crippen molar-refractivity contribution >= 4 is 5.95 Å². The van der Waals surface area contributed by atoms with Crippen LogP contribution in [0, 0.1) is 12.3 Å². The highest BCUT2D eigenvalue weighted by molar-refractivity contribution is 5.10. The van der Waals surface area contributed by atoms with Gasteiger partial charge in [-0.1, -0.05) is 5.92 Å². The van der Waals surface area contributed by atoms with Crippen molar-refractivity contribution in [1.82, 2.24) is 14.8 Å². The van der Waals surface area contributed by atoms with Crippen LogP contribution < -0.4 is 5.73 Å². The van der Waals surface area contributed by atoms with Crippen LogP contribution in [0.2, 0.25) is 0 Å². The minimum Gasteiger partial charge on any atom is -0.367 e. The maximum atomic E-state index is 5.26. The summed E-state index contributed by atoms with van der Waals surface area (Å²) in [6.45, 7) is 1.84. The van der Waals surface area contributed by atoms with Crippen molar-refractivity contribution in [3.8, 4) is 12.3 Å². The highest BCUT2D eigenvalue weighted by atomic mass is 15.4. The molecule has 0 aromatic carbocycles. The normalized spacial score (nSPS) is 12.4. The van der Waals surface area contributed by atoms with E-state index in [4.69, 9.17) is 12.2 Å². The van der Waals surface area contributed by atoms with E-state index in [2.05, 4.69) is 16.0 Å². The Morgan fingerprint density at radius 1 is 1.90 bits per heavy atom. The molecule has 0 amide bonds. The molecule has 0 radical (unpaired) electrons. The van der Waals surface area contributed by atoms with Gasteiger partial charge in [0.25, 0.3) is 0 Å². The molecule has 1 aromatic rings. The van der Waals surface area contributed by atoms with Crippen molar-refractivity contribution in [3.63, 3.8) is 0 Å². The number of anilines is 1. The molecule has 1 atom stereocenters. The van der Waals surface area contributed by atoms with E-state index in [9.17, 15) is 0 Å². The maximum absolute atomic E-state index is 5.26. The number of hydrogen-bond acceptors (Lipinski definition) is 3. The van der Waals surface area contributed by atoms with E-state index in [0.29, 0.717) is 0 Å². The second-order valence-corrected chi connectivity index (χ2v) is 1.93. The van der Waals surface area contributed by atoms with Crippen molar-refractivity contribution in [2.75, 3.05) is 5.73 Å². The predicted octanol–water partition coefficient (Wildman–Crippen LogP) is 0.0545. The third-order valence-corrected chi connectivity index (χ3v) is 1.16. The fourth-order valence-electron chi connectivity index (χ4n) is 0.551. The lowest BCUT2D eigenvalue weighted by molar-refractivity contribution is 0.597.